The maximum Gasteiger partial charge on any atom is 0.149 e. The van der Waals surface area contributed by atoms with E-state index < -0.39 is 0 Å². The van der Waals surface area contributed by atoms with Gasteiger partial charge in [0, 0.05) is 0 Å². The highest BCUT2D eigenvalue weighted by Gasteiger charge is 2.26. The van der Waals surface area contributed by atoms with Gasteiger partial charge in [-0.25, -0.2) is 4.39 Å². The minimum Gasteiger partial charge on any atom is -0.396 e. The van der Waals surface area contributed by atoms with Crippen molar-refractivity contribution in [3.63, 3.8) is 0 Å². The molecular weight excluding hydrogens is 141 g/mol. The summed E-state index contributed by atoms with van der Waals surface area (Å²) in [5.74, 6) is 0.230. The van der Waals surface area contributed by atoms with Crippen LogP contribution in [0.15, 0.2) is 18.2 Å². The minimum absolute atomic E-state index is 0.213. The minimum atomic E-state index is -0.213. The number of nitrogens with two attached hydrogens (primary N) is 1. The van der Waals surface area contributed by atoms with E-state index in [2.05, 4.69) is 0 Å². The molecule has 0 heterocycles. The highest BCUT2D eigenvalue weighted by atomic mass is 19.1. The zero-order valence-corrected chi connectivity index (χ0v) is 6.18. The Morgan fingerprint density at radius 2 is 2.09 bits per heavy atom. The van der Waals surface area contributed by atoms with E-state index >= 15 is 0 Å². The fourth-order valence-electron chi connectivity index (χ4n) is 1.28. The van der Waals surface area contributed by atoms with Crippen molar-refractivity contribution in [2.24, 2.45) is 0 Å². The molecule has 1 aliphatic carbocycles. The smallest absolute Gasteiger partial charge is 0.149 e. The summed E-state index contributed by atoms with van der Waals surface area (Å²) >= 11 is 0. The molecule has 0 aliphatic heterocycles. The third-order valence-corrected chi connectivity index (χ3v) is 2.08. The van der Waals surface area contributed by atoms with Crippen molar-refractivity contribution >= 4 is 5.69 Å². The second-order valence-electron chi connectivity index (χ2n) is 3.02. The lowest BCUT2D eigenvalue weighted by Crippen LogP contribution is -1.94. The molecule has 2 rings (SSSR count). The second kappa shape index (κ2) is 2.22. The predicted molar refractivity (Wildman–Crippen MR) is 42.8 cm³/mol. The van der Waals surface area contributed by atoms with Gasteiger partial charge in [-0.2, -0.15) is 0 Å². The second-order valence-corrected chi connectivity index (χ2v) is 3.02. The van der Waals surface area contributed by atoms with Gasteiger partial charge in [-0.05, 0) is 30.4 Å². The molecule has 1 nitrogen and oxygen atoms in total. The molecule has 0 atom stereocenters. The van der Waals surface area contributed by atoms with E-state index in [1.54, 1.807) is 6.07 Å². The topological polar surface area (TPSA) is 26.0 Å². The molecule has 0 bridgehead atoms. The van der Waals surface area contributed by atoms with Gasteiger partial charge >= 0.3 is 0 Å². The molecule has 11 heavy (non-hydrogen) atoms. The van der Waals surface area contributed by atoms with Crippen LogP contribution in [0.4, 0.5) is 10.1 Å². The van der Waals surface area contributed by atoms with Gasteiger partial charge in [-0.3, -0.25) is 0 Å². The van der Waals surface area contributed by atoms with Crippen molar-refractivity contribution in [1.29, 1.82) is 0 Å². The summed E-state index contributed by atoms with van der Waals surface area (Å²) in [7, 11) is 0. The van der Waals surface area contributed by atoms with E-state index in [9.17, 15) is 4.39 Å². The fraction of sp³-hybridized carbons (Fsp3) is 0.333. The van der Waals surface area contributed by atoms with Crippen molar-refractivity contribution in [2.45, 2.75) is 18.8 Å². The third-order valence-electron chi connectivity index (χ3n) is 2.08. The molecule has 0 spiro atoms. The van der Waals surface area contributed by atoms with Crippen LogP contribution in [-0.4, -0.2) is 0 Å². The number of hydrogen-bond acceptors (Lipinski definition) is 1. The molecule has 2 N–H and O–H groups in total. The third kappa shape index (κ3) is 1.09. The van der Waals surface area contributed by atoms with Crippen LogP contribution in [-0.2, 0) is 0 Å². The largest absolute Gasteiger partial charge is 0.396 e. The Morgan fingerprint density at radius 3 is 2.73 bits per heavy atom. The highest BCUT2D eigenvalue weighted by molar-refractivity contribution is 5.45. The number of anilines is 1. The van der Waals surface area contributed by atoms with Gasteiger partial charge in [0.15, 0.2) is 0 Å². The van der Waals surface area contributed by atoms with Gasteiger partial charge in [-0.15, -0.1) is 0 Å². The maximum atomic E-state index is 13.2. The molecule has 0 amide bonds. The quantitative estimate of drug-likeness (QED) is 0.612. The highest BCUT2D eigenvalue weighted by Crippen LogP contribution is 2.41. The lowest BCUT2D eigenvalue weighted by atomic mass is 10.1. The summed E-state index contributed by atoms with van der Waals surface area (Å²) in [4.78, 5) is 0. The van der Waals surface area contributed by atoms with E-state index in [4.69, 9.17) is 5.73 Å². The number of nitrogen functional groups attached to an aromatic ring is 1. The van der Waals surface area contributed by atoms with Crippen LogP contribution in [0.25, 0.3) is 0 Å². The van der Waals surface area contributed by atoms with Crippen molar-refractivity contribution < 1.29 is 4.39 Å². The maximum absolute atomic E-state index is 13.2. The number of benzene rings is 1. The first kappa shape index (κ1) is 6.65. The average molecular weight is 151 g/mol. The lowest BCUT2D eigenvalue weighted by Gasteiger charge is -2.01. The summed E-state index contributed by atoms with van der Waals surface area (Å²) < 4.78 is 13.2. The Morgan fingerprint density at radius 1 is 1.36 bits per heavy atom. The molecule has 58 valence electrons. The van der Waals surface area contributed by atoms with E-state index in [1.165, 1.54) is 0 Å². The molecule has 0 saturated heterocycles. The van der Waals surface area contributed by atoms with Crippen LogP contribution in [0, 0.1) is 5.82 Å². The number of halogens is 1. The van der Waals surface area contributed by atoms with Crippen molar-refractivity contribution in [3.05, 3.63) is 29.6 Å². The SMILES string of the molecule is Nc1cccc(C2CC2)c1F. The van der Waals surface area contributed by atoms with E-state index in [0.717, 1.165) is 18.4 Å². The summed E-state index contributed by atoms with van der Waals surface area (Å²) in [5, 5.41) is 0. The predicted octanol–water partition coefficient (Wildman–Crippen LogP) is 2.29. The Labute approximate surface area is 65.0 Å². The van der Waals surface area contributed by atoms with Crippen LogP contribution in [0.1, 0.15) is 24.3 Å². The normalized spacial score (nSPS) is 16.8. The van der Waals surface area contributed by atoms with Gasteiger partial charge in [0.2, 0.25) is 0 Å². The van der Waals surface area contributed by atoms with Crippen LogP contribution in [0.2, 0.25) is 0 Å². The molecule has 0 unspecified atom stereocenters. The molecule has 0 radical (unpaired) electrons. The molecular formula is C9H10FN. The zero-order chi connectivity index (χ0) is 7.84. The summed E-state index contributed by atoms with van der Waals surface area (Å²) in [6.07, 6.45) is 2.22. The Hall–Kier alpha value is -1.05. The standard InChI is InChI=1S/C9H10FN/c10-9-7(6-4-5-6)2-1-3-8(9)11/h1-3,6H,4-5,11H2. The molecule has 1 aromatic rings. The zero-order valence-electron chi connectivity index (χ0n) is 6.18. The van der Waals surface area contributed by atoms with Crippen LogP contribution in [0.5, 0.6) is 0 Å². The van der Waals surface area contributed by atoms with Crippen molar-refractivity contribution in [2.75, 3.05) is 5.73 Å². The first-order valence-electron chi connectivity index (χ1n) is 3.83. The first-order valence-corrected chi connectivity index (χ1v) is 3.83. The Balaban J connectivity index is 2.45. The summed E-state index contributed by atoms with van der Waals surface area (Å²) in [6, 6.07) is 5.23. The Bertz CT molecular complexity index is 279. The summed E-state index contributed by atoms with van der Waals surface area (Å²) in [5.41, 5.74) is 6.48. The number of rotatable bonds is 1. The van der Waals surface area contributed by atoms with Gasteiger partial charge in [0.1, 0.15) is 5.82 Å². The molecule has 2 heteroatoms. The van der Waals surface area contributed by atoms with E-state index in [0.29, 0.717) is 5.92 Å². The van der Waals surface area contributed by atoms with E-state index in [-0.39, 0.29) is 11.5 Å². The van der Waals surface area contributed by atoms with Gasteiger partial charge in [0.05, 0.1) is 5.69 Å². The monoisotopic (exact) mass is 151 g/mol. The van der Waals surface area contributed by atoms with Crippen LogP contribution < -0.4 is 5.73 Å². The lowest BCUT2D eigenvalue weighted by molar-refractivity contribution is 0.615. The molecule has 0 aromatic heterocycles. The average Bonchev–Trinajstić information content (AvgIpc) is 2.77. The van der Waals surface area contributed by atoms with Crippen LogP contribution in [0.3, 0.4) is 0 Å². The first-order chi connectivity index (χ1) is 5.29. The van der Waals surface area contributed by atoms with Gasteiger partial charge in [0.25, 0.3) is 0 Å². The number of hydrogen-bond donors (Lipinski definition) is 1. The molecule has 1 fully saturated rings. The van der Waals surface area contributed by atoms with Gasteiger partial charge < -0.3 is 5.73 Å². The van der Waals surface area contributed by atoms with Gasteiger partial charge in [-0.1, -0.05) is 12.1 Å². The molecule has 1 aliphatic rings. The molecule has 1 aromatic carbocycles. The van der Waals surface area contributed by atoms with Crippen molar-refractivity contribution in [1.82, 2.24) is 0 Å². The fourth-order valence-corrected chi connectivity index (χ4v) is 1.28. The van der Waals surface area contributed by atoms with Crippen LogP contribution >= 0.6 is 0 Å². The molecule has 1 saturated carbocycles. The summed E-state index contributed by atoms with van der Waals surface area (Å²) in [6.45, 7) is 0. The van der Waals surface area contributed by atoms with Crippen molar-refractivity contribution in [3.8, 4) is 0 Å². The van der Waals surface area contributed by atoms with E-state index in [1.807, 2.05) is 12.1 Å². The Kier molecular flexibility index (Phi) is 1.34.